The zero-order valence-electron chi connectivity index (χ0n) is 16.6. The molecule has 0 spiro atoms. The van der Waals surface area contributed by atoms with Gasteiger partial charge in [0.2, 0.25) is 0 Å². The Morgan fingerprint density at radius 3 is 2.33 bits per heavy atom. The molecule has 0 saturated carbocycles. The fourth-order valence-corrected chi connectivity index (χ4v) is 3.33. The number of hydrogen-bond donors (Lipinski definition) is 0. The topological polar surface area (TPSA) is 79.1 Å². The minimum atomic E-state index is -0.365. The molecule has 0 bridgehead atoms. The van der Waals surface area contributed by atoms with E-state index in [1.54, 1.807) is 23.9 Å². The van der Waals surface area contributed by atoms with Crippen LogP contribution in [0.1, 0.15) is 15.9 Å². The van der Waals surface area contributed by atoms with E-state index in [0.717, 1.165) is 28.0 Å². The Hall–Kier alpha value is -4.00. The quantitative estimate of drug-likeness (QED) is 0.458. The molecule has 3 aromatic carbocycles. The summed E-state index contributed by atoms with van der Waals surface area (Å²) in [4.78, 5) is 11.7. The predicted molar refractivity (Wildman–Crippen MR) is 112 cm³/mol. The lowest BCUT2D eigenvalue weighted by Crippen LogP contribution is -2.06. The van der Waals surface area contributed by atoms with E-state index in [1.807, 2.05) is 60.7 Å². The highest BCUT2D eigenvalue weighted by Gasteiger charge is 2.16. The van der Waals surface area contributed by atoms with Gasteiger partial charge in [0.05, 0.1) is 26.3 Å². The highest BCUT2D eigenvalue weighted by atomic mass is 16.5. The summed E-state index contributed by atoms with van der Waals surface area (Å²) < 4.78 is 12.0. The molecular formula is C23H20N4O3. The van der Waals surface area contributed by atoms with Crippen LogP contribution < -0.4 is 4.74 Å². The van der Waals surface area contributed by atoms with Gasteiger partial charge in [0.1, 0.15) is 5.75 Å². The fraction of sp³-hybridized carbons (Fsp3) is 0.130. The zero-order valence-corrected chi connectivity index (χ0v) is 16.6. The van der Waals surface area contributed by atoms with Crippen LogP contribution in [-0.4, -0.2) is 40.4 Å². The lowest BCUT2D eigenvalue weighted by atomic mass is 9.98. The number of tetrazole rings is 1. The maximum Gasteiger partial charge on any atom is 0.337 e. The molecule has 30 heavy (non-hydrogen) atoms. The highest BCUT2D eigenvalue weighted by Crippen LogP contribution is 2.31. The van der Waals surface area contributed by atoms with E-state index in [0.29, 0.717) is 17.9 Å². The Morgan fingerprint density at radius 2 is 1.60 bits per heavy atom. The molecule has 0 saturated heterocycles. The Labute approximate surface area is 173 Å². The van der Waals surface area contributed by atoms with Crippen LogP contribution in [-0.2, 0) is 11.3 Å². The van der Waals surface area contributed by atoms with Gasteiger partial charge >= 0.3 is 5.97 Å². The molecule has 0 radical (unpaired) electrons. The van der Waals surface area contributed by atoms with Crippen LogP contribution >= 0.6 is 0 Å². The van der Waals surface area contributed by atoms with Crippen molar-refractivity contribution in [3.63, 3.8) is 0 Å². The molecule has 0 fully saturated rings. The number of aromatic nitrogens is 4. The van der Waals surface area contributed by atoms with Crippen molar-refractivity contribution in [3.8, 4) is 28.3 Å². The summed E-state index contributed by atoms with van der Waals surface area (Å²) in [5, 5.41) is 12.3. The summed E-state index contributed by atoms with van der Waals surface area (Å²) in [5.74, 6) is 1.06. The Morgan fingerprint density at radius 1 is 0.900 bits per heavy atom. The molecule has 0 amide bonds. The summed E-state index contributed by atoms with van der Waals surface area (Å²) >= 11 is 0. The Balaban J connectivity index is 1.72. The number of para-hydroxylation sites is 1. The molecule has 1 aromatic heterocycles. The van der Waals surface area contributed by atoms with Gasteiger partial charge in [-0.3, -0.25) is 0 Å². The van der Waals surface area contributed by atoms with Crippen LogP contribution in [0.2, 0.25) is 0 Å². The lowest BCUT2D eigenvalue weighted by molar-refractivity contribution is 0.0601. The largest absolute Gasteiger partial charge is 0.496 e. The normalized spacial score (nSPS) is 10.6. The molecule has 0 aliphatic carbocycles. The van der Waals surface area contributed by atoms with Crippen molar-refractivity contribution in [1.82, 2.24) is 20.2 Å². The van der Waals surface area contributed by atoms with Crippen LogP contribution in [0.15, 0.2) is 72.8 Å². The van der Waals surface area contributed by atoms with Crippen molar-refractivity contribution in [2.24, 2.45) is 0 Å². The van der Waals surface area contributed by atoms with Crippen molar-refractivity contribution in [2.45, 2.75) is 6.54 Å². The smallest absolute Gasteiger partial charge is 0.337 e. The van der Waals surface area contributed by atoms with E-state index in [4.69, 9.17) is 9.47 Å². The second-order valence-electron chi connectivity index (χ2n) is 6.59. The first-order valence-corrected chi connectivity index (χ1v) is 9.37. The van der Waals surface area contributed by atoms with Gasteiger partial charge in [-0.15, -0.1) is 5.10 Å². The SMILES string of the molecule is COC(=O)c1ccc(-c2ccccc2-c2nnnn2Cc2ccccc2OC)cc1. The number of methoxy groups -OCH3 is 2. The monoisotopic (exact) mass is 400 g/mol. The molecule has 4 aromatic rings. The molecule has 0 unspecified atom stereocenters. The molecule has 0 N–H and O–H groups in total. The molecule has 7 nitrogen and oxygen atoms in total. The standard InChI is InChI=1S/C23H20N4O3/c1-29-21-10-6-3-7-18(21)15-27-22(24-25-26-27)20-9-5-4-8-19(20)16-11-13-17(14-12-16)23(28)30-2/h3-14H,15H2,1-2H3. The maximum atomic E-state index is 11.7. The summed E-state index contributed by atoms with van der Waals surface area (Å²) in [6.45, 7) is 0.474. The second kappa shape index (κ2) is 8.57. The number of carbonyl (C=O) groups is 1. The first kappa shape index (κ1) is 19.3. The fourth-order valence-electron chi connectivity index (χ4n) is 3.33. The van der Waals surface area contributed by atoms with Crippen LogP contribution in [0.25, 0.3) is 22.5 Å². The third-order valence-corrected chi connectivity index (χ3v) is 4.83. The first-order chi connectivity index (χ1) is 14.7. The van der Waals surface area contributed by atoms with E-state index < -0.39 is 0 Å². The van der Waals surface area contributed by atoms with Crippen molar-refractivity contribution >= 4 is 5.97 Å². The highest BCUT2D eigenvalue weighted by molar-refractivity contribution is 5.90. The van der Waals surface area contributed by atoms with Crippen molar-refractivity contribution in [2.75, 3.05) is 14.2 Å². The average molecular weight is 400 g/mol. The van der Waals surface area contributed by atoms with Crippen molar-refractivity contribution < 1.29 is 14.3 Å². The molecule has 7 heteroatoms. The van der Waals surface area contributed by atoms with Gasteiger partial charge in [0, 0.05) is 11.1 Å². The summed E-state index contributed by atoms with van der Waals surface area (Å²) in [6.07, 6.45) is 0. The minimum absolute atomic E-state index is 0.365. The Bertz CT molecular complexity index is 1170. The number of hydrogen-bond acceptors (Lipinski definition) is 6. The number of carbonyl (C=O) groups excluding carboxylic acids is 1. The maximum absolute atomic E-state index is 11.7. The Kier molecular flexibility index (Phi) is 5.52. The summed E-state index contributed by atoms with van der Waals surface area (Å²) in [7, 11) is 3.01. The molecule has 0 aliphatic rings. The number of ether oxygens (including phenoxy) is 2. The third kappa shape index (κ3) is 3.77. The van der Waals surface area contributed by atoms with Gasteiger partial charge in [0.15, 0.2) is 5.82 Å². The number of nitrogens with zero attached hydrogens (tertiary/aromatic N) is 4. The van der Waals surface area contributed by atoms with Gasteiger partial charge in [-0.25, -0.2) is 9.48 Å². The third-order valence-electron chi connectivity index (χ3n) is 4.83. The minimum Gasteiger partial charge on any atom is -0.496 e. The number of esters is 1. The molecule has 4 rings (SSSR count). The van der Waals surface area contributed by atoms with E-state index in [2.05, 4.69) is 15.5 Å². The van der Waals surface area contributed by atoms with E-state index in [-0.39, 0.29) is 5.97 Å². The van der Waals surface area contributed by atoms with Gasteiger partial charge in [-0.2, -0.15) is 0 Å². The molecule has 1 heterocycles. The van der Waals surface area contributed by atoms with Crippen molar-refractivity contribution in [1.29, 1.82) is 0 Å². The molecular weight excluding hydrogens is 380 g/mol. The molecule has 0 atom stereocenters. The zero-order chi connectivity index (χ0) is 20.9. The second-order valence-corrected chi connectivity index (χ2v) is 6.59. The van der Waals surface area contributed by atoms with E-state index in [9.17, 15) is 4.79 Å². The van der Waals surface area contributed by atoms with E-state index in [1.165, 1.54) is 7.11 Å². The lowest BCUT2D eigenvalue weighted by Gasteiger charge is -2.12. The van der Waals surface area contributed by atoms with Gasteiger partial charge in [-0.1, -0.05) is 54.6 Å². The number of benzene rings is 3. The van der Waals surface area contributed by atoms with Crippen molar-refractivity contribution in [3.05, 3.63) is 83.9 Å². The van der Waals surface area contributed by atoms with Gasteiger partial charge in [-0.05, 0) is 39.8 Å². The predicted octanol–water partition coefficient (Wildman–Crippen LogP) is 3.85. The van der Waals surface area contributed by atoms with Gasteiger partial charge in [0.25, 0.3) is 0 Å². The summed E-state index contributed by atoms with van der Waals surface area (Å²) in [6, 6.07) is 22.9. The summed E-state index contributed by atoms with van der Waals surface area (Å²) in [5.41, 5.74) is 4.28. The number of rotatable bonds is 6. The van der Waals surface area contributed by atoms with Crippen LogP contribution in [0, 0.1) is 0 Å². The first-order valence-electron chi connectivity index (χ1n) is 9.37. The van der Waals surface area contributed by atoms with E-state index >= 15 is 0 Å². The van der Waals surface area contributed by atoms with Crippen LogP contribution in [0.3, 0.4) is 0 Å². The molecule has 150 valence electrons. The van der Waals surface area contributed by atoms with Gasteiger partial charge < -0.3 is 9.47 Å². The van der Waals surface area contributed by atoms with Crippen LogP contribution in [0.5, 0.6) is 5.75 Å². The average Bonchev–Trinajstić information content (AvgIpc) is 3.27. The van der Waals surface area contributed by atoms with Crippen LogP contribution in [0.4, 0.5) is 0 Å². The molecule has 0 aliphatic heterocycles.